The van der Waals surface area contributed by atoms with Crippen LogP contribution < -0.4 is 0 Å². The van der Waals surface area contributed by atoms with Crippen LogP contribution in [0.4, 0.5) is 0 Å². The number of esters is 1. The molecule has 0 radical (unpaired) electrons. The van der Waals surface area contributed by atoms with Crippen LogP contribution in [0.5, 0.6) is 0 Å². The molecule has 156 valence electrons. The number of carbonyl (C=O) groups excluding carboxylic acids is 2. The number of hydrogen-bond donors (Lipinski definition) is 1. The van der Waals surface area contributed by atoms with Gasteiger partial charge in [-0.25, -0.2) is 4.79 Å². The first-order valence-electron chi connectivity index (χ1n) is 11.1. The van der Waals surface area contributed by atoms with E-state index >= 15 is 0 Å². The van der Waals surface area contributed by atoms with E-state index < -0.39 is 12.1 Å². The number of rotatable bonds is 4. The summed E-state index contributed by atoms with van der Waals surface area (Å²) in [5.74, 6) is 1.73. The first kappa shape index (κ1) is 19.1. The van der Waals surface area contributed by atoms with Crippen LogP contribution in [0.3, 0.4) is 0 Å². The molecule has 1 aromatic rings. The van der Waals surface area contributed by atoms with Gasteiger partial charge in [-0.2, -0.15) is 0 Å². The minimum atomic E-state index is -0.657. The number of benzene rings is 1. The summed E-state index contributed by atoms with van der Waals surface area (Å²) in [7, 11) is 0. The number of hydrogen-bond acceptors (Lipinski definition) is 4. The average molecular weight is 398 g/mol. The number of nitrogens with zero attached hydrogens (tertiary/aromatic N) is 1. The van der Waals surface area contributed by atoms with Crippen LogP contribution >= 0.6 is 0 Å². The second-order valence-electron chi connectivity index (χ2n) is 10.2. The highest BCUT2D eigenvalue weighted by molar-refractivity contribution is 5.89. The molecular weight excluding hydrogens is 366 g/mol. The van der Waals surface area contributed by atoms with Gasteiger partial charge in [0.25, 0.3) is 0 Å². The normalized spacial score (nSPS) is 37.7. The average Bonchev–Trinajstić information content (AvgIpc) is 3.07. The highest BCUT2D eigenvalue weighted by atomic mass is 16.5. The molecule has 1 amide bonds. The third-order valence-corrected chi connectivity index (χ3v) is 7.81. The largest absolute Gasteiger partial charge is 0.459 e. The molecule has 5 heteroatoms. The summed E-state index contributed by atoms with van der Waals surface area (Å²) in [6.45, 7) is 2.47. The maximum atomic E-state index is 13.7. The van der Waals surface area contributed by atoms with E-state index in [1.807, 2.05) is 31.2 Å². The molecule has 4 saturated carbocycles. The van der Waals surface area contributed by atoms with Crippen molar-refractivity contribution < 1.29 is 19.4 Å². The van der Waals surface area contributed by atoms with E-state index in [9.17, 15) is 14.7 Å². The second-order valence-corrected chi connectivity index (χ2v) is 10.2. The molecule has 5 fully saturated rings. The lowest BCUT2D eigenvalue weighted by atomic mass is 9.49. The van der Waals surface area contributed by atoms with Gasteiger partial charge in [0.1, 0.15) is 12.6 Å². The van der Waals surface area contributed by atoms with Crippen LogP contribution in [-0.2, 0) is 20.9 Å². The van der Waals surface area contributed by atoms with Crippen molar-refractivity contribution in [3.63, 3.8) is 0 Å². The van der Waals surface area contributed by atoms with E-state index in [0.717, 1.165) is 30.4 Å². The summed E-state index contributed by atoms with van der Waals surface area (Å²) < 4.78 is 5.56. The minimum absolute atomic E-state index is 0.102. The van der Waals surface area contributed by atoms with Crippen LogP contribution in [0.1, 0.15) is 56.1 Å². The SMILES string of the molecule is Cc1ccc(COC(=O)[C@@H]2C[C@@H](O)CN2C(=O)C23CC4CC(CC(C4)C2)C3)cc1. The van der Waals surface area contributed by atoms with Crippen molar-refractivity contribution in [2.75, 3.05) is 6.54 Å². The van der Waals surface area contributed by atoms with Gasteiger partial charge in [-0.3, -0.25) is 4.79 Å². The molecule has 5 nitrogen and oxygen atoms in total. The minimum Gasteiger partial charge on any atom is -0.459 e. The van der Waals surface area contributed by atoms with Crippen molar-refractivity contribution in [1.29, 1.82) is 0 Å². The maximum Gasteiger partial charge on any atom is 0.329 e. The van der Waals surface area contributed by atoms with Gasteiger partial charge < -0.3 is 14.7 Å². The van der Waals surface area contributed by atoms with Gasteiger partial charge in [-0.05, 0) is 68.8 Å². The summed E-state index contributed by atoms with van der Waals surface area (Å²) in [5, 5.41) is 10.3. The molecule has 0 unspecified atom stereocenters. The molecule has 2 atom stereocenters. The maximum absolute atomic E-state index is 13.7. The number of aliphatic hydroxyl groups is 1. The number of aliphatic hydroxyl groups excluding tert-OH is 1. The van der Waals surface area contributed by atoms with E-state index in [0.29, 0.717) is 17.8 Å². The van der Waals surface area contributed by atoms with Gasteiger partial charge in [-0.1, -0.05) is 29.8 Å². The van der Waals surface area contributed by atoms with Gasteiger partial charge in [-0.15, -0.1) is 0 Å². The monoisotopic (exact) mass is 397 g/mol. The zero-order valence-electron chi connectivity index (χ0n) is 17.2. The highest BCUT2D eigenvalue weighted by Crippen LogP contribution is 2.60. The lowest BCUT2D eigenvalue weighted by Crippen LogP contribution is -2.56. The van der Waals surface area contributed by atoms with Crippen LogP contribution in [0.25, 0.3) is 0 Å². The molecule has 1 aliphatic heterocycles. The quantitative estimate of drug-likeness (QED) is 0.793. The lowest BCUT2D eigenvalue weighted by molar-refractivity contribution is -0.166. The predicted octanol–water partition coefficient (Wildman–Crippen LogP) is 3.22. The molecule has 4 aliphatic carbocycles. The molecule has 1 heterocycles. The number of amides is 1. The molecule has 0 spiro atoms. The number of aryl methyl sites for hydroxylation is 1. The molecule has 0 aromatic heterocycles. The lowest BCUT2D eigenvalue weighted by Gasteiger charge is -2.56. The van der Waals surface area contributed by atoms with Crippen molar-refractivity contribution >= 4 is 11.9 Å². The van der Waals surface area contributed by atoms with Gasteiger partial charge in [0, 0.05) is 13.0 Å². The Kier molecular flexibility index (Phi) is 4.69. The Labute approximate surface area is 172 Å². The van der Waals surface area contributed by atoms with Crippen molar-refractivity contribution in [3.05, 3.63) is 35.4 Å². The van der Waals surface area contributed by atoms with E-state index in [-0.39, 0.29) is 36.9 Å². The Hall–Kier alpha value is -1.88. The Morgan fingerprint density at radius 1 is 1.03 bits per heavy atom. The molecule has 29 heavy (non-hydrogen) atoms. The smallest absolute Gasteiger partial charge is 0.329 e. The van der Waals surface area contributed by atoms with Crippen LogP contribution in [0, 0.1) is 30.1 Å². The van der Waals surface area contributed by atoms with Gasteiger partial charge in [0.2, 0.25) is 5.91 Å². The topological polar surface area (TPSA) is 66.8 Å². The summed E-state index contributed by atoms with van der Waals surface area (Å²) in [4.78, 5) is 28.2. The standard InChI is InChI=1S/C24H31NO4/c1-15-2-4-16(5-3-15)14-29-22(27)21-9-20(26)13-25(21)23(28)24-10-17-6-18(11-24)8-19(7-17)12-24/h2-5,17-21,26H,6-14H2,1H3/t17?,18?,19?,20-,21+,24?/m1/s1. The zero-order valence-corrected chi connectivity index (χ0v) is 17.2. The summed E-state index contributed by atoms with van der Waals surface area (Å²) in [6.07, 6.45) is 6.36. The third-order valence-electron chi connectivity index (χ3n) is 7.81. The van der Waals surface area contributed by atoms with E-state index in [1.165, 1.54) is 19.3 Å². The third kappa shape index (κ3) is 3.48. The van der Waals surface area contributed by atoms with Crippen molar-refractivity contribution in [2.45, 2.75) is 70.6 Å². The first-order valence-corrected chi connectivity index (χ1v) is 11.1. The molecular formula is C24H31NO4. The summed E-state index contributed by atoms with van der Waals surface area (Å²) in [5.41, 5.74) is 1.79. The zero-order chi connectivity index (χ0) is 20.2. The summed E-state index contributed by atoms with van der Waals surface area (Å²) in [6, 6.07) is 7.22. The molecule has 1 saturated heterocycles. The van der Waals surface area contributed by atoms with Gasteiger partial charge in [0.05, 0.1) is 11.5 Å². The predicted molar refractivity (Wildman–Crippen MR) is 108 cm³/mol. The summed E-state index contributed by atoms with van der Waals surface area (Å²) >= 11 is 0. The fraction of sp³-hybridized carbons (Fsp3) is 0.667. The van der Waals surface area contributed by atoms with Gasteiger partial charge >= 0.3 is 5.97 Å². The fourth-order valence-electron chi connectivity index (χ4n) is 6.87. The van der Waals surface area contributed by atoms with Crippen LogP contribution in [0.2, 0.25) is 0 Å². The Morgan fingerprint density at radius 2 is 1.62 bits per heavy atom. The Morgan fingerprint density at radius 3 is 2.21 bits per heavy atom. The molecule has 5 aliphatic rings. The van der Waals surface area contributed by atoms with E-state index in [2.05, 4.69) is 0 Å². The molecule has 1 N–H and O–H groups in total. The molecule has 4 bridgehead atoms. The number of ether oxygens (including phenoxy) is 1. The number of carbonyl (C=O) groups is 2. The molecule has 1 aromatic carbocycles. The van der Waals surface area contributed by atoms with Crippen LogP contribution in [-0.4, -0.2) is 40.6 Å². The Balaban J connectivity index is 1.29. The molecule has 6 rings (SSSR count). The van der Waals surface area contributed by atoms with Crippen molar-refractivity contribution in [3.8, 4) is 0 Å². The van der Waals surface area contributed by atoms with Gasteiger partial charge in [0.15, 0.2) is 0 Å². The van der Waals surface area contributed by atoms with E-state index in [4.69, 9.17) is 4.74 Å². The van der Waals surface area contributed by atoms with E-state index in [1.54, 1.807) is 4.90 Å². The van der Waals surface area contributed by atoms with Crippen LogP contribution in [0.15, 0.2) is 24.3 Å². The number of likely N-dealkylation sites (tertiary alicyclic amines) is 1. The van der Waals surface area contributed by atoms with Crippen molar-refractivity contribution in [1.82, 2.24) is 4.90 Å². The van der Waals surface area contributed by atoms with Crippen molar-refractivity contribution in [2.24, 2.45) is 23.2 Å². The Bertz CT molecular complexity index is 766. The second kappa shape index (κ2) is 7.12. The first-order chi connectivity index (χ1) is 13.9. The number of β-amino-alcohol motifs (C(OH)–C–C–N with tert-alkyl or cyclic N) is 1. The fourth-order valence-corrected chi connectivity index (χ4v) is 6.87. The highest BCUT2D eigenvalue weighted by Gasteiger charge is 2.57.